The van der Waals surface area contributed by atoms with E-state index in [1.54, 1.807) is 0 Å². The van der Waals surface area contributed by atoms with Crippen molar-refractivity contribution in [3.63, 3.8) is 0 Å². The first-order valence-corrected chi connectivity index (χ1v) is 6.63. The van der Waals surface area contributed by atoms with Gasteiger partial charge < -0.3 is 0 Å². The first kappa shape index (κ1) is 12.3. The predicted molar refractivity (Wildman–Crippen MR) is 69.2 cm³/mol. The molecule has 1 aromatic rings. The Morgan fingerprint density at radius 2 is 2.00 bits per heavy atom. The molecular weight excluding hydrogens is 200 g/mol. The standard InChI is InChI=1S/C14H20S/c1-4-6-8-12(3)11-14-10-9-13(15-14)7-5-2/h9-10,12H,4-5,7,11H2,1-3H3. The Hall–Kier alpha value is -0.740. The fourth-order valence-electron chi connectivity index (χ4n) is 1.54. The average Bonchev–Trinajstić information content (AvgIpc) is 2.63. The zero-order valence-electron chi connectivity index (χ0n) is 9.97. The summed E-state index contributed by atoms with van der Waals surface area (Å²) in [6.45, 7) is 6.54. The van der Waals surface area contributed by atoms with Crippen LogP contribution in [-0.2, 0) is 12.8 Å². The molecule has 1 atom stereocenters. The van der Waals surface area contributed by atoms with Crippen molar-refractivity contribution in [2.24, 2.45) is 5.92 Å². The molecule has 0 fully saturated rings. The Morgan fingerprint density at radius 3 is 2.67 bits per heavy atom. The van der Waals surface area contributed by atoms with E-state index in [0.717, 1.165) is 12.8 Å². The van der Waals surface area contributed by atoms with Gasteiger partial charge in [-0.3, -0.25) is 0 Å². The van der Waals surface area contributed by atoms with Crippen LogP contribution < -0.4 is 0 Å². The molecule has 0 spiro atoms. The summed E-state index contributed by atoms with van der Waals surface area (Å²) in [6, 6.07) is 4.53. The smallest absolute Gasteiger partial charge is 0.0222 e. The molecule has 0 nitrogen and oxygen atoms in total. The van der Waals surface area contributed by atoms with Crippen LogP contribution in [0.3, 0.4) is 0 Å². The molecule has 1 heteroatoms. The normalized spacial score (nSPS) is 11.9. The number of thiophene rings is 1. The molecule has 0 bridgehead atoms. The maximum Gasteiger partial charge on any atom is 0.0222 e. The van der Waals surface area contributed by atoms with E-state index in [4.69, 9.17) is 0 Å². The molecular formula is C14H20S. The number of hydrogen-bond donors (Lipinski definition) is 0. The molecule has 1 aromatic heterocycles. The van der Waals surface area contributed by atoms with Crippen molar-refractivity contribution in [3.8, 4) is 11.8 Å². The molecule has 82 valence electrons. The summed E-state index contributed by atoms with van der Waals surface area (Å²) in [4.78, 5) is 3.00. The zero-order valence-corrected chi connectivity index (χ0v) is 10.8. The number of aryl methyl sites for hydroxylation is 1. The van der Waals surface area contributed by atoms with E-state index in [2.05, 4.69) is 44.7 Å². The molecule has 0 N–H and O–H groups in total. The molecule has 0 radical (unpaired) electrons. The van der Waals surface area contributed by atoms with Crippen LogP contribution in [0.4, 0.5) is 0 Å². The Kier molecular flexibility index (Phi) is 5.50. The highest BCUT2D eigenvalue weighted by molar-refractivity contribution is 7.11. The third-order valence-electron chi connectivity index (χ3n) is 2.25. The Balaban J connectivity index is 2.49. The molecule has 1 heterocycles. The van der Waals surface area contributed by atoms with Crippen LogP contribution in [0.2, 0.25) is 0 Å². The zero-order chi connectivity index (χ0) is 11.1. The second-order valence-corrected chi connectivity index (χ2v) is 5.15. The van der Waals surface area contributed by atoms with Crippen LogP contribution in [0.15, 0.2) is 12.1 Å². The summed E-state index contributed by atoms with van der Waals surface area (Å²) in [5, 5.41) is 0. The molecule has 0 amide bonds. The van der Waals surface area contributed by atoms with Crippen molar-refractivity contribution < 1.29 is 0 Å². The van der Waals surface area contributed by atoms with Crippen LogP contribution in [0, 0.1) is 17.8 Å². The van der Waals surface area contributed by atoms with E-state index in [1.807, 2.05) is 11.3 Å². The lowest BCUT2D eigenvalue weighted by Gasteiger charge is -2.00. The lowest BCUT2D eigenvalue weighted by atomic mass is 10.1. The van der Waals surface area contributed by atoms with Crippen molar-refractivity contribution in [2.45, 2.75) is 46.5 Å². The lowest BCUT2D eigenvalue weighted by molar-refractivity contribution is 0.759. The van der Waals surface area contributed by atoms with Crippen LogP contribution >= 0.6 is 11.3 Å². The Labute approximate surface area is 97.7 Å². The van der Waals surface area contributed by atoms with Crippen LogP contribution in [0.1, 0.15) is 43.4 Å². The van der Waals surface area contributed by atoms with Gasteiger partial charge in [-0.25, -0.2) is 0 Å². The van der Waals surface area contributed by atoms with Gasteiger partial charge in [0.25, 0.3) is 0 Å². The average molecular weight is 220 g/mol. The van der Waals surface area contributed by atoms with Crippen molar-refractivity contribution in [3.05, 3.63) is 21.9 Å². The quantitative estimate of drug-likeness (QED) is 0.664. The summed E-state index contributed by atoms with van der Waals surface area (Å²) in [6.07, 6.45) is 4.54. The monoisotopic (exact) mass is 220 g/mol. The van der Waals surface area contributed by atoms with E-state index < -0.39 is 0 Å². The fourth-order valence-corrected chi connectivity index (χ4v) is 2.79. The molecule has 0 saturated heterocycles. The van der Waals surface area contributed by atoms with Crippen LogP contribution in [0.5, 0.6) is 0 Å². The van der Waals surface area contributed by atoms with Gasteiger partial charge >= 0.3 is 0 Å². The molecule has 0 aliphatic carbocycles. The van der Waals surface area contributed by atoms with Gasteiger partial charge in [-0.15, -0.1) is 17.3 Å². The van der Waals surface area contributed by atoms with Gasteiger partial charge in [0, 0.05) is 22.1 Å². The molecule has 0 aromatic carbocycles. The second-order valence-electron chi connectivity index (χ2n) is 3.90. The highest BCUT2D eigenvalue weighted by atomic mass is 32.1. The van der Waals surface area contributed by atoms with Gasteiger partial charge in [0.05, 0.1) is 0 Å². The lowest BCUT2D eigenvalue weighted by Crippen LogP contribution is -1.93. The van der Waals surface area contributed by atoms with Crippen molar-refractivity contribution in [1.29, 1.82) is 0 Å². The van der Waals surface area contributed by atoms with E-state index in [0.29, 0.717) is 5.92 Å². The summed E-state index contributed by atoms with van der Waals surface area (Å²) in [7, 11) is 0. The highest BCUT2D eigenvalue weighted by Gasteiger charge is 2.03. The molecule has 0 aliphatic rings. The van der Waals surface area contributed by atoms with Gasteiger partial charge in [0.15, 0.2) is 0 Å². The van der Waals surface area contributed by atoms with Gasteiger partial charge in [-0.2, -0.15) is 0 Å². The van der Waals surface area contributed by atoms with Crippen LogP contribution in [-0.4, -0.2) is 0 Å². The third kappa shape index (κ3) is 4.53. The largest absolute Gasteiger partial charge is 0.145 e. The fraction of sp³-hybridized carbons (Fsp3) is 0.571. The van der Waals surface area contributed by atoms with E-state index in [-0.39, 0.29) is 0 Å². The van der Waals surface area contributed by atoms with Gasteiger partial charge in [0.1, 0.15) is 0 Å². The Morgan fingerprint density at radius 1 is 1.27 bits per heavy atom. The van der Waals surface area contributed by atoms with Gasteiger partial charge in [-0.05, 0) is 25.0 Å². The van der Waals surface area contributed by atoms with Crippen molar-refractivity contribution in [2.75, 3.05) is 0 Å². The van der Waals surface area contributed by atoms with E-state index >= 15 is 0 Å². The maximum atomic E-state index is 3.28. The van der Waals surface area contributed by atoms with E-state index in [9.17, 15) is 0 Å². The third-order valence-corrected chi connectivity index (χ3v) is 3.41. The Bertz CT molecular complexity index is 338. The molecule has 1 rings (SSSR count). The minimum atomic E-state index is 0.498. The number of hydrogen-bond acceptors (Lipinski definition) is 1. The summed E-state index contributed by atoms with van der Waals surface area (Å²) < 4.78 is 0. The number of rotatable bonds is 4. The summed E-state index contributed by atoms with van der Waals surface area (Å²) in [5.74, 6) is 6.93. The summed E-state index contributed by atoms with van der Waals surface area (Å²) >= 11 is 1.95. The SMILES string of the molecule is CCC#CC(C)Cc1ccc(CCC)s1. The maximum absolute atomic E-state index is 3.28. The predicted octanol–water partition coefficient (Wildman–Crippen LogP) is 4.29. The first-order chi connectivity index (χ1) is 7.26. The van der Waals surface area contributed by atoms with Gasteiger partial charge in [-0.1, -0.05) is 33.1 Å². The van der Waals surface area contributed by atoms with Crippen molar-refractivity contribution in [1.82, 2.24) is 0 Å². The highest BCUT2D eigenvalue weighted by Crippen LogP contribution is 2.20. The summed E-state index contributed by atoms with van der Waals surface area (Å²) in [5.41, 5.74) is 0. The minimum Gasteiger partial charge on any atom is -0.145 e. The van der Waals surface area contributed by atoms with E-state index in [1.165, 1.54) is 22.6 Å². The van der Waals surface area contributed by atoms with Crippen LogP contribution in [0.25, 0.3) is 0 Å². The second kappa shape index (κ2) is 6.69. The first-order valence-electron chi connectivity index (χ1n) is 5.82. The topological polar surface area (TPSA) is 0 Å². The minimum absolute atomic E-state index is 0.498. The molecule has 0 aliphatic heterocycles. The van der Waals surface area contributed by atoms with Crippen molar-refractivity contribution >= 4 is 11.3 Å². The molecule has 15 heavy (non-hydrogen) atoms. The molecule has 1 unspecified atom stereocenters. The van der Waals surface area contributed by atoms with Gasteiger partial charge in [0.2, 0.25) is 0 Å². The molecule has 0 saturated carbocycles.